The second-order valence-corrected chi connectivity index (χ2v) is 13.8. The maximum absolute atomic E-state index is 3.94. The molecule has 0 amide bonds. The van der Waals surface area contributed by atoms with Crippen molar-refractivity contribution in [3.05, 3.63) is 182 Å². The SMILES string of the molecule is c1ccc(-c2c(N(c3ccccc3)c3ccccc3)sc3[nH]c4sc(N(c5ccccc5)c5ccccc5)c(-c5ccccc5)c4c23)cc1. The van der Waals surface area contributed by atoms with Crippen molar-refractivity contribution in [2.24, 2.45) is 0 Å². The summed E-state index contributed by atoms with van der Waals surface area (Å²) in [7, 11) is 0. The largest absolute Gasteiger partial charge is 0.338 e. The molecule has 9 rings (SSSR count). The minimum Gasteiger partial charge on any atom is -0.338 e. The van der Waals surface area contributed by atoms with Crippen LogP contribution in [0.5, 0.6) is 0 Å². The second kappa shape index (κ2) is 12.6. The fourth-order valence-corrected chi connectivity index (χ4v) is 9.35. The van der Waals surface area contributed by atoms with Crippen LogP contribution in [0.15, 0.2) is 182 Å². The predicted molar refractivity (Wildman–Crippen MR) is 212 cm³/mol. The molecule has 0 bridgehead atoms. The third-order valence-corrected chi connectivity index (χ3v) is 11.0. The minimum absolute atomic E-state index is 1.12. The Kier molecular flexibility index (Phi) is 7.54. The maximum atomic E-state index is 3.94. The van der Waals surface area contributed by atoms with Gasteiger partial charge in [-0.15, -0.1) is 0 Å². The molecule has 0 aliphatic rings. The van der Waals surface area contributed by atoms with E-state index in [4.69, 9.17) is 0 Å². The van der Waals surface area contributed by atoms with Crippen molar-refractivity contribution in [1.82, 2.24) is 4.98 Å². The van der Waals surface area contributed by atoms with Gasteiger partial charge in [-0.25, -0.2) is 0 Å². The van der Waals surface area contributed by atoms with Crippen LogP contribution < -0.4 is 9.80 Å². The van der Waals surface area contributed by atoms with E-state index in [1.807, 2.05) is 22.7 Å². The Balaban J connectivity index is 1.40. The molecule has 49 heavy (non-hydrogen) atoms. The summed E-state index contributed by atoms with van der Waals surface area (Å²) in [6.07, 6.45) is 0. The summed E-state index contributed by atoms with van der Waals surface area (Å²) in [6.45, 7) is 0. The van der Waals surface area contributed by atoms with Crippen molar-refractivity contribution in [2.45, 2.75) is 0 Å². The lowest BCUT2D eigenvalue weighted by Gasteiger charge is -2.25. The van der Waals surface area contributed by atoms with Gasteiger partial charge in [0, 0.05) is 44.6 Å². The molecule has 0 saturated heterocycles. The number of nitrogens with one attached hydrogen (secondary N) is 1. The number of hydrogen-bond donors (Lipinski definition) is 1. The molecule has 3 aromatic heterocycles. The summed E-state index contributed by atoms with van der Waals surface area (Å²) in [5, 5.41) is 4.86. The van der Waals surface area contributed by atoms with E-state index in [0.29, 0.717) is 0 Å². The van der Waals surface area contributed by atoms with Gasteiger partial charge in [-0.3, -0.25) is 0 Å². The molecule has 0 fully saturated rings. The number of benzene rings is 6. The van der Waals surface area contributed by atoms with Gasteiger partial charge >= 0.3 is 0 Å². The number of aromatic nitrogens is 1. The van der Waals surface area contributed by atoms with Crippen LogP contribution in [0.25, 0.3) is 42.7 Å². The highest BCUT2D eigenvalue weighted by molar-refractivity contribution is 7.26. The molecular weight excluding hydrogens is 635 g/mol. The summed E-state index contributed by atoms with van der Waals surface area (Å²) >= 11 is 3.64. The van der Waals surface area contributed by atoms with Crippen molar-refractivity contribution >= 4 is 75.9 Å². The smallest absolute Gasteiger partial charge is 0.111 e. The number of fused-ring (bicyclic) bond motifs is 3. The predicted octanol–water partition coefficient (Wildman–Crippen LogP) is 13.7. The summed E-state index contributed by atoms with van der Waals surface area (Å²) in [4.78, 5) is 11.1. The highest BCUT2D eigenvalue weighted by Gasteiger charge is 2.30. The Bertz CT molecular complexity index is 2220. The van der Waals surface area contributed by atoms with Crippen LogP contribution in [0.4, 0.5) is 32.8 Å². The van der Waals surface area contributed by atoms with E-state index in [0.717, 1.165) is 22.7 Å². The number of hydrogen-bond acceptors (Lipinski definition) is 4. The molecule has 0 unspecified atom stereocenters. The molecule has 6 aromatic carbocycles. The van der Waals surface area contributed by atoms with Crippen LogP contribution in [-0.4, -0.2) is 4.98 Å². The van der Waals surface area contributed by atoms with E-state index in [1.54, 1.807) is 0 Å². The highest BCUT2D eigenvalue weighted by Crippen LogP contribution is 2.57. The Morgan fingerprint density at radius 1 is 0.327 bits per heavy atom. The van der Waals surface area contributed by atoms with Crippen molar-refractivity contribution < 1.29 is 0 Å². The molecule has 234 valence electrons. The van der Waals surface area contributed by atoms with E-state index >= 15 is 0 Å². The first kappa shape index (κ1) is 29.3. The van der Waals surface area contributed by atoms with Gasteiger partial charge in [0.05, 0.1) is 0 Å². The first-order valence-corrected chi connectivity index (χ1v) is 18.0. The van der Waals surface area contributed by atoms with E-state index in [-0.39, 0.29) is 0 Å². The molecule has 1 N–H and O–H groups in total. The molecule has 3 nitrogen and oxygen atoms in total. The van der Waals surface area contributed by atoms with Gasteiger partial charge in [0.25, 0.3) is 0 Å². The normalized spacial score (nSPS) is 11.3. The lowest BCUT2D eigenvalue weighted by molar-refractivity contribution is 1.32. The van der Waals surface area contributed by atoms with Gasteiger partial charge in [-0.05, 0) is 59.7 Å². The zero-order chi connectivity index (χ0) is 32.6. The van der Waals surface area contributed by atoms with Gasteiger partial charge in [0.1, 0.15) is 19.7 Å². The minimum atomic E-state index is 1.12. The Hall–Kier alpha value is -5.88. The van der Waals surface area contributed by atoms with E-state index < -0.39 is 0 Å². The van der Waals surface area contributed by atoms with Crippen LogP contribution in [0.2, 0.25) is 0 Å². The molecule has 0 spiro atoms. The molecule has 3 heterocycles. The van der Waals surface area contributed by atoms with E-state index in [9.17, 15) is 0 Å². The monoisotopic (exact) mass is 665 g/mol. The zero-order valence-corrected chi connectivity index (χ0v) is 28.2. The van der Waals surface area contributed by atoms with Crippen LogP contribution in [0, 0.1) is 0 Å². The second-order valence-electron chi connectivity index (χ2n) is 11.8. The van der Waals surface area contributed by atoms with Crippen molar-refractivity contribution in [2.75, 3.05) is 9.80 Å². The average Bonchev–Trinajstić information content (AvgIpc) is 3.82. The van der Waals surface area contributed by atoms with Gasteiger partial charge < -0.3 is 14.8 Å². The number of aromatic amines is 1. The summed E-state index contributed by atoms with van der Waals surface area (Å²) < 4.78 is 0. The molecule has 5 heteroatoms. The van der Waals surface area contributed by atoms with Crippen LogP contribution in [0.1, 0.15) is 0 Å². The highest BCUT2D eigenvalue weighted by atomic mass is 32.1. The number of para-hydroxylation sites is 4. The summed E-state index contributed by atoms with van der Waals surface area (Å²) in [5.74, 6) is 0. The number of anilines is 6. The molecule has 0 atom stereocenters. The fourth-order valence-electron chi connectivity index (χ4n) is 6.73. The average molecular weight is 666 g/mol. The van der Waals surface area contributed by atoms with E-state index in [1.165, 1.54) is 52.7 Å². The fraction of sp³-hybridized carbons (Fsp3) is 0. The quantitative estimate of drug-likeness (QED) is 0.174. The Morgan fingerprint density at radius 2 is 0.592 bits per heavy atom. The number of thiophene rings is 2. The molecule has 0 saturated carbocycles. The lowest BCUT2D eigenvalue weighted by atomic mass is 9.98. The van der Waals surface area contributed by atoms with Crippen LogP contribution in [-0.2, 0) is 0 Å². The number of H-pyrrole nitrogens is 1. The summed E-state index contributed by atoms with van der Waals surface area (Å²) in [6, 6.07) is 64.6. The van der Waals surface area contributed by atoms with Gasteiger partial charge in [0.15, 0.2) is 0 Å². The van der Waals surface area contributed by atoms with Crippen molar-refractivity contribution in [3.8, 4) is 22.3 Å². The molecule has 9 aromatic rings. The number of nitrogens with zero attached hydrogens (tertiary/aromatic N) is 2. The number of rotatable bonds is 8. The van der Waals surface area contributed by atoms with Crippen LogP contribution in [0.3, 0.4) is 0 Å². The lowest BCUT2D eigenvalue weighted by Crippen LogP contribution is -2.09. The van der Waals surface area contributed by atoms with Crippen LogP contribution >= 0.6 is 22.7 Å². The van der Waals surface area contributed by atoms with Gasteiger partial charge in [-0.2, -0.15) is 0 Å². The van der Waals surface area contributed by atoms with Crippen molar-refractivity contribution in [1.29, 1.82) is 0 Å². The first-order chi connectivity index (χ1) is 24.3. The topological polar surface area (TPSA) is 22.3 Å². The molecule has 0 radical (unpaired) electrons. The van der Waals surface area contributed by atoms with Gasteiger partial charge in [-0.1, -0.05) is 156 Å². The third kappa shape index (κ3) is 5.21. The molecule has 0 aliphatic heterocycles. The Labute approximate surface area is 293 Å². The standard InChI is InChI=1S/C44H31N3S2/c1-7-19-31(20-8-1)37-39-40-38(32-21-9-2-10-22-32)44(47(35-27-15-5-16-28-35)36-29-17-6-18-30-36)49-42(40)45-41(39)48-43(37)46(33-23-11-3-12-24-33)34-25-13-4-14-26-34/h1-30,45H. The molecule has 0 aliphatic carbocycles. The zero-order valence-electron chi connectivity index (χ0n) is 26.5. The summed E-state index contributed by atoms with van der Waals surface area (Å²) in [5.41, 5.74) is 9.34. The van der Waals surface area contributed by atoms with Crippen molar-refractivity contribution in [3.63, 3.8) is 0 Å². The first-order valence-electron chi connectivity index (χ1n) is 16.4. The Morgan fingerprint density at radius 3 is 0.878 bits per heavy atom. The molecular formula is C44H31N3S2. The maximum Gasteiger partial charge on any atom is 0.111 e. The third-order valence-electron chi connectivity index (χ3n) is 8.85. The van der Waals surface area contributed by atoms with Gasteiger partial charge in [0.2, 0.25) is 0 Å². The van der Waals surface area contributed by atoms with E-state index in [2.05, 4.69) is 197 Å².